The molecule has 1 atom stereocenters. The average Bonchev–Trinajstić information content (AvgIpc) is 2.16. The van der Waals surface area contributed by atoms with Crippen LogP contribution in [0.25, 0.3) is 0 Å². The number of sulfonamides is 1. The average molecular weight is 271 g/mol. The van der Waals surface area contributed by atoms with Gasteiger partial charge in [-0.25, -0.2) is 13.6 Å². The molecule has 2 N–H and O–H groups in total. The summed E-state index contributed by atoms with van der Waals surface area (Å²) in [5.41, 5.74) is 0. The van der Waals surface area contributed by atoms with Crippen molar-refractivity contribution >= 4 is 20.2 Å². The summed E-state index contributed by atoms with van der Waals surface area (Å²) >= 11 is 0. The van der Waals surface area contributed by atoms with Gasteiger partial charge in [0.05, 0.1) is 5.25 Å². The molecule has 0 aliphatic carbocycles. The highest BCUT2D eigenvalue weighted by atomic mass is 32.2. The van der Waals surface area contributed by atoms with Crippen LogP contribution in [-0.4, -0.2) is 57.9 Å². The maximum atomic E-state index is 11.8. The lowest BCUT2D eigenvalue weighted by Gasteiger charge is -2.32. The predicted octanol–water partition coefficient (Wildman–Crippen LogP) is -1.45. The molecule has 1 unspecified atom stereocenters. The fourth-order valence-electron chi connectivity index (χ4n) is 1.61. The molecule has 1 saturated heterocycles. The molecule has 0 radical (unpaired) electrons. The Morgan fingerprint density at radius 3 is 2.25 bits per heavy atom. The number of nitrogens with zero attached hydrogens (tertiary/aromatic N) is 2. The fourth-order valence-corrected chi connectivity index (χ4v) is 3.78. The van der Waals surface area contributed by atoms with Crippen LogP contribution in [0, 0.1) is 0 Å². The molecule has 1 aliphatic heterocycles. The normalized spacial score (nSPS) is 24.9. The monoisotopic (exact) mass is 271 g/mol. The molecule has 0 aromatic heterocycles. The second-order valence-corrected chi connectivity index (χ2v) is 7.99. The second-order valence-electron chi connectivity index (χ2n) is 4.00. The summed E-state index contributed by atoms with van der Waals surface area (Å²) < 4.78 is 48.1. The van der Waals surface area contributed by atoms with Crippen LogP contribution in [0.3, 0.4) is 0 Å². The van der Waals surface area contributed by atoms with Crippen LogP contribution < -0.4 is 5.14 Å². The first-order valence-corrected chi connectivity index (χ1v) is 7.85. The van der Waals surface area contributed by atoms with Gasteiger partial charge in [-0.1, -0.05) is 0 Å². The Labute approximate surface area is 96.4 Å². The molecule has 7 nitrogen and oxygen atoms in total. The molecular formula is C7H17N3O4S2. The van der Waals surface area contributed by atoms with Crippen LogP contribution in [0.15, 0.2) is 0 Å². The van der Waals surface area contributed by atoms with Gasteiger partial charge in [0, 0.05) is 27.2 Å². The van der Waals surface area contributed by atoms with Crippen molar-refractivity contribution in [3.8, 4) is 0 Å². The van der Waals surface area contributed by atoms with Gasteiger partial charge in [-0.15, -0.1) is 0 Å². The first-order valence-electron chi connectivity index (χ1n) is 4.85. The molecule has 1 rings (SSSR count). The highest BCUT2D eigenvalue weighted by molar-refractivity contribution is 7.90. The molecule has 1 fully saturated rings. The number of piperidine rings is 1. The molecule has 1 heterocycles. The van der Waals surface area contributed by atoms with Gasteiger partial charge in [0.1, 0.15) is 0 Å². The number of rotatable bonds is 3. The van der Waals surface area contributed by atoms with Crippen LogP contribution in [0.5, 0.6) is 0 Å². The van der Waals surface area contributed by atoms with Crippen LogP contribution >= 0.6 is 0 Å². The molecule has 0 saturated carbocycles. The van der Waals surface area contributed by atoms with Crippen molar-refractivity contribution < 1.29 is 16.8 Å². The summed E-state index contributed by atoms with van der Waals surface area (Å²) in [7, 11) is -4.39. The quantitative estimate of drug-likeness (QED) is 0.678. The highest BCUT2D eigenvalue weighted by Gasteiger charge is 2.34. The van der Waals surface area contributed by atoms with E-state index >= 15 is 0 Å². The van der Waals surface area contributed by atoms with E-state index in [1.54, 1.807) is 0 Å². The van der Waals surface area contributed by atoms with E-state index in [2.05, 4.69) is 0 Å². The number of hydrogen-bond acceptors (Lipinski definition) is 4. The predicted molar refractivity (Wildman–Crippen MR) is 60.3 cm³/mol. The van der Waals surface area contributed by atoms with E-state index in [-0.39, 0.29) is 6.54 Å². The smallest absolute Gasteiger partial charge is 0.228 e. The molecular weight excluding hydrogens is 254 g/mol. The van der Waals surface area contributed by atoms with E-state index in [0.29, 0.717) is 19.4 Å². The van der Waals surface area contributed by atoms with Crippen molar-refractivity contribution in [2.75, 3.05) is 27.2 Å². The van der Waals surface area contributed by atoms with E-state index in [0.717, 1.165) is 8.61 Å². The maximum Gasteiger partial charge on any atom is 0.281 e. The lowest BCUT2D eigenvalue weighted by atomic mass is 10.2. The maximum absolute atomic E-state index is 11.8. The SMILES string of the molecule is CN(C)S(=O)(=O)N1CCCC(S(N)(=O)=O)C1. The van der Waals surface area contributed by atoms with Gasteiger partial charge < -0.3 is 0 Å². The van der Waals surface area contributed by atoms with E-state index in [4.69, 9.17) is 5.14 Å². The Morgan fingerprint density at radius 2 is 1.81 bits per heavy atom. The zero-order valence-corrected chi connectivity index (χ0v) is 11.0. The summed E-state index contributed by atoms with van der Waals surface area (Å²) in [5.74, 6) is 0. The second kappa shape index (κ2) is 4.57. The van der Waals surface area contributed by atoms with Crippen molar-refractivity contribution in [3.63, 3.8) is 0 Å². The van der Waals surface area contributed by atoms with E-state index in [9.17, 15) is 16.8 Å². The van der Waals surface area contributed by atoms with Crippen molar-refractivity contribution in [2.24, 2.45) is 5.14 Å². The molecule has 0 bridgehead atoms. The van der Waals surface area contributed by atoms with Crippen molar-refractivity contribution in [2.45, 2.75) is 18.1 Å². The van der Waals surface area contributed by atoms with Crippen LogP contribution in [0.2, 0.25) is 0 Å². The molecule has 9 heteroatoms. The van der Waals surface area contributed by atoms with E-state index in [1.165, 1.54) is 14.1 Å². The zero-order chi connectivity index (χ0) is 12.6. The summed E-state index contributed by atoms with van der Waals surface area (Å²) in [6.45, 7) is 0.284. The lowest BCUT2D eigenvalue weighted by Crippen LogP contribution is -2.50. The van der Waals surface area contributed by atoms with Crippen molar-refractivity contribution in [3.05, 3.63) is 0 Å². The zero-order valence-electron chi connectivity index (χ0n) is 9.33. The molecule has 1 aliphatic rings. The third-order valence-electron chi connectivity index (χ3n) is 2.59. The molecule has 96 valence electrons. The van der Waals surface area contributed by atoms with E-state index < -0.39 is 25.5 Å². The Kier molecular flexibility index (Phi) is 3.95. The minimum Gasteiger partial charge on any atom is -0.228 e. The molecule has 0 aromatic carbocycles. The Morgan fingerprint density at radius 1 is 1.25 bits per heavy atom. The minimum absolute atomic E-state index is 0.0562. The van der Waals surface area contributed by atoms with E-state index in [1.807, 2.05) is 0 Å². The van der Waals surface area contributed by atoms with Crippen LogP contribution in [0.4, 0.5) is 0 Å². The number of primary sulfonamides is 1. The topological polar surface area (TPSA) is 101 Å². The minimum atomic E-state index is -3.67. The highest BCUT2D eigenvalue weighted by Crippen LogP contribution is 2.18. The molecule has 0 amide bonds. The largest absolute Gasteiger partial charge is 0.281 e. The summed E-state index contributed by atoms with van der Waals surface area (Å²) in [6.07, 6.45) is 0.923. The van der Waals surface area contributed by atoms with Crippen molar-refractivity contribution in [1.82, 2.24) is 8.61 Å². The van der Waals surface area contributed by atoms with Crippen molar-refractivity contribution in [1.29, 1.82) is 0 Å². The van der Waals surface area contributed by atoms with Gasteiger partial charge in [0.25, 0.3) is 10.2 Å². The van der Waals surface area contributed by atoms with Crippen LogP contribution in [0.1, 0.15) is 12.8 Å². The molecule has 16 heavy (non-hydrogen) atoms. The summed E-state index contributed by atoms with van der Waals surface area (Å²) in [6, 6.07) is 0. The van der Waals surface area contributed by atoms with Gasteiger partial charge in [-0.05, 0) is 12.8 Å². The number of nitrogens with two attached hydrogens (primary N) is 1. The fraction of sp³-hybridized carbons (Fsp3) is 1.00. The first-order chi connectivity index (χ1) is 7.15. The number of hydrogen-bond donors (Lipinski definition) is 1. The Hall–Kier alpha value is -0.220. The summed E-state index contributed by atoms with van der Waals surface area (Å²) in [4.78, 5) is 0. The molecule has 0 spiro atoms. The molecule has 0 aromatic rings. The van der Waals surface area contributed by atoms with Gasteiger partial charge in [0.2, 0.25) is 10.0 Å². The Balaban J connectivity index is 2.88. The first kappa shape index (κ1) is 13.8. The van der Waals surface area contributed by atoms with Crippen LogP contribution in [-0.2, 0) is 20.2 Å². The third-order valence-corrected chi connectivity index (χ3v) is 5.81. The summed E-state index contributed by atoms with van der Waals surface area (Å²) in [5, 5.41) is 4.23. The third kappa shape index (κ3) is 2.92. The Bertz CT molecular complexity index is 442. The van der Waals surface area contributed by atoms with Gasteiger partial charge >= 0.3 is 0 Å². The lowest BCUT2D eigenvalue weighted by molar-refractivity contribution is 0.324. The standard InChI is InChI=1S/C7H17N3O4S2/c1-9(2)16(13,14)10-5-3-4-7(6-10)15(8,11)12/h7H,3-6H2,1-2H3,(H2,8,11,12). The van der Waals surface area contributed by atoms with Gasteiger partial charge in [-0.2, -0.15) is 17.0 Å². The van der Waals surface area contributed by atoms with Gasteiger partial charge in [-0.3, -0.25) is 0 Å². The van der Waals surface area contributed by atoms with Gasteiger partial charge in [0.15, 0.2) is 0 Å².